The Morgan fingerprint density at radius 1 is 0.583 bits per heavy atom. The zero-order chi connectivity index (χ0) is 8.65. The van der Waals surface area contributed by atoms with Crippen LogP contribution >= 0.6 is 0 Å². The predicted molar refractivity (Wildman–Crippen MR) is 55.3 cm³/mol. The zero-order valence-corrected chi connectivity index (χ0v) is 8.65. The minimum Gasteiger partial charge on any atom is -0.0625 e. The molecule has 1 aliphatic carbocycles. The van der Waals surface area contributed by atoms with Crippen LogP contribution in [0, 0.1) is 5.92 Å². The maximum absolute atomic E-state index is 2.43. The van der Waals surface area contributed by atoms with Crippen molar-refractivity contribution < 1.29 is 0 Å². The third-order valence-electron chi connectivity index (χ3n) is 3.14. The molecule has 0 nitrogen and oxygen atoms in total. The van der Waals surface area contributed by atoms with Crippen LogP contribution in [0.25, 0.3) is 0 Å². The van der Waals surface area contributed by atoms with E-state index in [4.69, 9.17) is 0 Å². The van der Waals surface area contributed by atoms with Gasteiger partial charge in [-0.05, 0) is 5.92 Å². The summed E-state index contributed by atoms with van der Waals surface area (Å²) in [4.78, 5) is 0. The van der Waals surface area contributed by atoms with Gasteiger partial charge in [0.25, 0.3) is 0 Å². The van der Waals surface area contributed by atoms with Crippen LogP contribution < -0.4 is 0 Å². The van der Waals surface area contributed by atoms with Crippen LogP contribution in [0.15, 0.2) is 0 Å². The molecule has 0 heteroatoms. The van der Waals surface area contributed by atoms with Gasteiger partial charge < -0.3 is 0 Å². The lowest BCUT2D eigenvalue weighted by atomic mass is 9.98. The van der Waals surface area contributed by atoms with Gasteiger partial charge in [-0.25, -0.2) is 0 Å². The monoisotopic (exact) mass is 168 g/mol. The summed E-state index contributed by atoms with van der Waals surface area (Å²) in [6, 6.07) is 0. The molecule has 0 N–H and O–H groups in total. The molecule has 0 aliphatic heterocycles. The molecule has 0 amide bonds. The molecule has 0 aromatic carbocycles. The summed E-state index contributed by atoms with van der Waals surface area (Å²) >= 11 is 0. The van der Waals surface area contributed by atoms with Gasteiger partial charge in [-0.1, -0.05) is 71.1 Å². The van der Waals surface area contributed by atoms with Crippen molar-refractivity contribution in [2.45, 2.75) is 71.1 Å². The van der Waals surface area contributed by atoms with E-state index < -0.39 is 0 Å². The van der Waals surface area contributed by atoms with Crippen LogP contribution in [0.5, 0.6) is 0 Å². The van der Waals surface area contributed by atoms with E-state index in [0.717, 1.165) is 5.92 Å². The van der Waals surface area contributed by atoms with Gasteiger partial charge >= 0.3 is 0 Å². The normalized spacial score (nSPS) is 24.8. The van der Waals surface area contributed by atoms with Crippen molar-refractivity contribution in [3.05, 3.63) is 0 Å². The average Bonchev–Trinajstić information content (AvgIpc) is 2.11. The van der Waals surface area contributed by atoms with E-state index in [2.05, 4.69) is 6.92 Å². The average molecular weight is 168 g/mol. The molecule has 0 spiro atoms. The summed E-state index contributed by atoms with van der Waals surface area (Å²) in [6.07, 6.45) is 14.9. The molecule has 72 valence electrons. The lowest BCUT2D eigenvalue weighted by molar-refractivity contribution is 0.447. The fourth-order valence-electron chi connectivity index (χ4n) is 2.19. The quantitative estimate of drug-likeness (QED) is 0.498. The second kappa shape index (κ2) is 6.51. The Bertz CT molecular complexity index is 84.2. The molecule has 0 unspecified atom stereocenters. The third-order valence-corrected chi connectivity index (χ3v) is 3.14. The fraction of sp³-hybridized carbons (Fsp3) is 1.00. The molecule has 0 heterocycles. The Labute approximate surface area is 77.7 Å². The Kier molecular flexibility index (Phi) is 5.47. The Hall–Kier alpha value is 0. The molecule has 0 bridgehead atoms. The van der Waals surface area contributed by atoms with Crippen molar-refractivity contribution >= 4 is 0 Å². The van der Waals surface area contributed by atoms with E-state index in [-0.39, 0.29) is 0 Å². The van der Waals surface area contributed by atoms with Crippen molar-refractivity contribution in [1.29, 1.82) is 0 Å². The van der Waals surface area contributed by atoms with Crippen LogP contribution in [-0.2, 0) is 0 Å². The van der Waals surface area contributed by atoms with Crippen LogP contribution in [0.2, 0.25) is 0 Å². The highest BCUT2D eigenvalue weighted by Crippen LogP contribution is 2.20. The standard InChI is InChI=1S/C12H24/c1-12-10-8-6-4-2-3-5-7-9-11-12/h12H,2-11H2,1H3. The fourth-order valence-corrected chi connectivity index (χ4v) is 2.19. The van der Waals surface area contributed by atoms with E-state index in [1.54, 1.807) is 0 Å². The minimum absolute atomic E-state index is 1.00. The third kappa shape index (κ3) is 4.79. The van der Waals surface area contributed by atoms with Gasteiger partial charge in [-0.15, -0.1) is 0 Å². The molecule has 0 aromatic heterocycles. The maximum atomic E-state index is 2.43. The van der Waals surface area contributed by atoms with Gasteiger partial charge in [-0.3, -0.25) is 0 Å². The first-order valence-corrected chi connectivity index (χ1v) is 5.89. The smallest absolute Gasteiger partial charge is 0.0443 e. The molecule has 1 aliphatic rings. The van der Waals surface area contributed by atoms with Gasteiger partial charge in [0.1, 0.15) is 0 Å². The van der Waals surface area contributed by atoms with Gasteiger partial charge in [-0.2, -0.15) is 0 Å². The molecule has 0 aromatic rings. The highest BCUT2D eigenvalue weighted by Gasteiger charge is 2.03. The summed E-state index contributed by atoms with van der Waals surface area (Å²) in [5, 5.41) is 0. The van der Waals surface area contributed by atoms with Crippen LogP contribution in [0.4, 0.5) is 0 Å². The zero-order valence-electron chi connectivity index (χ0n) is 8.65. The first kappa shape index (κ1) is 10.1. The molecular weight excluding hydrogens is 144 g/mol. The minimum atomic E-state index is 1.00. The second-order valence-corrected chi connectivity index (χ2v) is 4.51. The van der Waals surface area contributed by atoms with Gasteiger partial charge in [0.05, 0.1) is 0 Å². The molecule has 1 saturated carbocycles. The molecule has 0 radical (unpaired) electrons. The van der Waals surface area contributed by atoms with E-state index in [1.165, 1.54) is 64.2 Å². The summed E-state index contributed by atoms with van der Waals surface area (Å²) < 4.78 is 0. The molecule has 1 rings (SSSR count). The van der Waals surface area contributed by atoms with Crippen LogP contribution in [0.3, 0.4) is 0 Å². The maximum Gasteiger partial charge on any atom is -0.0443 e. The summed E-state index contributed by atoms with van der Waals surface area (Å²) in [7, 11) is 0. The van der Waals surface area contributed by atoms with Gasteiger partial charge in [0, 0.05) is 0 Å². The number of hydrogen-bond donors (Lipinski definition) is 0. The van der Waals surface area contributed by atoms with Crippen molar-refractivity contribution in [2.75, 3.05) is 0 Å². The number of rotatable bonds is 0. The Morgan fingerprint density at radius 2 is 0.917 bits per heavy atom. The van der Waals surface area contributed by atoms with E-state index in [0.29, 0.717) is 0 Å². The molecule has 12 heavy (non-hydrogen) atoms. The van der Waals surface area contributed by atoms with Crippen molar-refractivity contribution in [2.24, 2.45) is 5.92 Å². The second-order valence-electron chi connectivity index (χ2n) is 4.51. The highest BCUT2D eigenvalue weighted by atomic mass is 14.1. The summed E-state index contributed by atoms with van der Waals surface area (Å²) in [5.41, 5.74) is 0. The van der Waals surface area contributed by atoms with Gasteiger partial charge in [0.15, 0.2) is 0 Å². The molecule has 0 atom stereocenters. The SMILES string of the molecule is CC1CCCCCCCCCC1. The van der Waals surface area contributed by atoms with Gasteiger partial charge in [0.2, 0.25) is 0 Å². The van der Waals surface area contributed by atoms with Crippen molar-refractivity contribution in [1.82, 2.24) is 0 Å². The summed E-state index contributed by atoms with van der Waals surface area (Å²) in [6.45, 7) is 2.43. The Morgan fingerprint density at radius 3 is 1.33 bits per heavy atom. The highest BCUT2D eigenvalue weighted by molar-refractivity contribution is 4.57. The lowest BCUT2D eigenvalue weighted by Crippen LogP contribution is -1.93. The van der Waals surface area contributed by atoms with Crippen LogP contribution in [-0.4, -0.2) is 0 Å². The van der Waals surface area contributed by atoms with Crippen molar-refractivity contribution in [3.8, 4) is 0 Å². The lowest BCUT2D eigenvalue weighted by Gasteiger charge is -2.09. The van der Waals surface area contributed by atoms with E-state index in [9.17, 15) is 0 Å². The molecule has 0 saturated heterocycles. The Balaban J connectivity index is 2.13. The van der Waals surface area contributed by atoms with Crippen LogP contribution in [0.1, 0.15) is 71.1 Å². The number of hydrogen-bond acceptors (Lipinski definition) is 0. The van der Waals surface area contributed by atoms with E-state index >= 15 is 0 Å². The van der Waals surface area contributed by atoms with Crippen molar-refractivity contribution in [3.63, 3.8) is 0 Å². The first-order valence-electron chi connectivity index (χ1n) is 5.89. The van der Waals surface area contributed by atoms with E-state index in [1.807, 2.05) is 0 Å². The predicted octanol–water partition coefficient (Wildman–Crippen LogP) is 4.54. The summed E-state index contributed by atoms with van der Waals surface area (Å²) in [5.74, 6) is 1.00. The molecular formula is C12H24. The largest absolute Gasteiger partial charge is 0.0625 e. The first-order chi connectivity index (χ1) is 5.89. The molecule has 1 fully saturated rings. The topological polar surface area (TPSA) is 0 Å².